The number of aromatic amines is 1. The van der Waals surface area contributed by atoms with Gasteiger partial charge in [-0.25, -0.2) is 9.97 Å². The monoisotopic (exact) mass is 484 g/mol. The topological polar surface area (TPSA) is 134 Å². The number of nitriles is 1. The Morgan fingerprint density at radius 3 is 2.43 bits per heavy atom. The van der Waals surface area contributed by atoms with Gasteiger partial charge in [0.15, 0.2) is 5.82 Å². The first-order chi connectivity index (χ1) is 16.6. The number of benzene rings is 1. The summed E-state index contributed by atoms with van der Waals surface area (Å²) in [5.41, 5.74) is -1.87. The highest BCUT2D eigenvalue weighted by Crippen LogP contribution is 2.31. The molecular weight excluding hydrogens is 461 g/mol. The van der Waals surface area contributed by atoms with Crippen molar-refractivity contribution in [3.05, 3.63) is 75.6 Å². The fraction of sp³-hybridized carbons (Fsp3) is 0.304. The predicted molar refractivity (Wildman–Crippen MR) is 124 cm³/mol. The van der Waals surface area contributed by atoms with E-state index in [-0.39, 0.29) is 23.4 Å². The van der Waals surface area contributed by atoms with Gasteiger partial charge in [0.05, 0.1) is 11.6 Å². The van der Waals surface area contributed by atoms with E-state index in [1.165, 1.54) is 12.1 Å². The smallest absolute Gasteiger partial charge is 0.363 e. The minimum atomic E-state index is -4.46. The zero-order valence-corrected chi connectivity index (χ0v) is 19.2. The molecule has 9 nitrogen and oxygen atoms in total. The molecule has 0 aliphatic carbocycles. The third-order valence-electron chi connectivity index (χ3n) is 5.43. The summed E-state index contributed by atoms with van der Waals surface area (Å²) in [5, 5.41) is 20.1. The maximum absolute atomic E-state index is 12.9. The van der Waals surface area contributed by atoms with Crippen LogP contribution in [0.15, 0.2) is 47.5 Å². The van der Waals surface area contributed by atoms with Crippen LogP contribution >= 0.6 is 0 Å². The Kier molecular flexibility index (Phi) is 7.49. The first-order valence-electron chi connectivity index (χ1n) is 10.6. The molecule has 2 unspecified atom stereocenters. The van der Waals surface area contributed by atoms with Gasteiger partial charge in [0.2, 0.25) is 5.95 Å². The number of alkyl halides is 3. The average molecular weight is 484 g/mol. The van der Waals surface area contributed by atoms with E-state index in [0.29, 0.717) is 17.8 Å². The normalized spacial score (nSPS) is 12.9. The highest BCUT2D eigenvalue weighted by molar-refractivity contribution is 6.12. The fourth-order valence-electron chi connectivity index (χ4n) is 3.53. The van der Waals surface area contributed by atoms with E-state index in [0.717, 1.165) is 12.1 Å². The summed E-state index contributed by atoms with van der Waals surface area (Å²) < 4.78 is 38.7. The second-order valence-corrected chi connectivity index (χ2v) is 7.73. The molecule has 12 heteroatoms. The van der Waals surface area contributed by atoms with Crippen LogP contribution in [-0.4, -0.2) is 32.7 Å². The quantitative estimate of drug-likeness (QED) is 0.407. The molecule has 2 heterocycles. The minimum Gasteiger partial charge on any atom is -0.363 e. The van der Waals surface area contributed by atoms with Gasteiger partial charge in [-0.05, 0) is 37.1 Å². The van der Waals surface area contributed by atoms with Crippen LogP contribution in [0.25, 0.3) is 0 Å². The van der Waals surface area contributed by atoms with E-state index in [1.807, 2.05) is 6.92 Å². The Bertz CT molecular complexity index is 1280. The third-order valence-corrected chi connectivity index (χ3v) is 5.43. The summed E-state index contributed by atoms with van der Waals surface area (Å²) in [5.74, 6) is 0.617. The Morgan fingerprint density at radius 2 is 1.89 bits per heavy atom. The summed E-state index contributed by atoms with van der Waals surface area (Å²) in [6.45, 7) is 3.59. The van der Waals surface area contributed by atoms with Crippen LogP contribution in [0.5, 0.6) is 0 Å². The lowest BCUT2D eigenvalue weighted by molar-refractivity contribution is -0.137. The number of aromatic nitrogens is 4. The van der Waals surface area contributed by atoms with Crippen molar-refractivity contribution >= 4 is 17.5 Å². The number of hydrogen-bond acceptors (Lipinski definition) is 8. The van der Waals surface area contributed by atoms with Crippen molar-refractivity contribution in [2.24, 2.45) is 0 Å². The maximum Gasteiger partial charge on any atom is 0.416 e. The number of H-pyrrole nitrogens is 1. The molecule has 0 aliphatic rings. The highest BCUT2D eigenvalue weighted by atomic mass is 19.4. The van der Waals surface area contributed by atoms with Crippen molar-refractivity contribution in [1.82, 2.24) is 19.9 Å². The number of rotatable bonds is 8. The molecule has 35 heavy (non-hydrogen) atoms. The van der Waals surface area contributed by atoms with Crippen LogP contribution in [0.4, 0.5) is 24.9 Å². The molecule has 0 radical (unpaired) electrons. The van der Waals surface area contributed by atoms with Crippen molar-refractivity contribution in [3.8, 4) is 6.07 Å². The molecule has 3 aromatic rings. The zero-order valence-electron chi connectivity index (χ0n) is 19.2. The lowest BCUT2D eigenvalue weighted by Gasteiger charge is -2.27. The third kappa shape index (κ3) is 5.63. The number of nitrogens with zero attached hydrogens (tertiary/aromatic N) is 5. The molecule has 2 atom stereocenters. The molecule has 3 N–H and O–H groups in total. The maximum atomic E-state index is 12.9. The number of anilines is 2. The molecule has 1 aromatic carbocycles. The van der Waals surface area contributed by atoms with E-state index in [9.17, 15) is 23.2 Å². The fourth-order valence-corrected chi connectivity index (χ4v) is 3.53. The SMILES string of the molecule is CCC(c1ncccn1)N(C)c1nc(NC(C)c2ccc(C(F)(F)F)cc2)c(C(=N)C#N)c(=O)[nH]1. The molecule has 3 rings (SSSR count). The van der Waals surface area contributed by atoms with Gasteiger partial charge in [-0.1, -0.05) is 19.1 Å². The van der Waals surface area contributed by atoms with E-state index in [4.69, 9.17) is 5.41 Å². The Labute approximate surface area is 199 Å². The van der Waals surface area contributed by atoms with Gasteiger partial charge in [-0.15, -0.1) is 0 Å². The van der Waals surface area contributed by atoms with E-state index >= 15 is 0 Å². The van der Waals surface area contributed by atoms with Crippen LogP contribution in [0, 0.1) is 16.7 Å². The zero-order chi connectivity index (χ0) is 25.8. The first kappa shape index (κ1) is 25.4. The molecule has 2 aromatic heterocycles. The molecule has 0 aliphatic heterocycles. The lowest BCUT2D eigenvalue weighted by atomic mass is 10.1. The number of nitrogens with one attached hydrogen (secondary N) is 3. The van der Waals surface area contributed by atoms with Crippen molar-refractivity contribution in [3.63, 3.8) is 0 Å². The van der Waals surface area contributed by atoms with Crippen LogP contribution in [0.2, 0.25) is 0 Å². The molecule has 0 bridgehead atoms. The van der Waals surface area contributed by atoms with Crippen molar-refractivity contribution in [1.29, 1.82) is 10.7 Å². The Hall–Kier alpha value is -4.27. The number of hydrogen-bond donors (Lipinski definition) is 3. The van der Waals surface area contributed by atoms with Gasteiger partial charge < -0.3 is 10.2 Å². The molecular formula is C23H23F3N8O. The van der Waals surface area contributed by atoms with Gasteiger partial charge in [-0.2, -0.15) is 23.4 Å². The van der Waals surface area contributed by atoms with Crippen LogP contribution in [-0.2, 0) is 6.18 Å². The summed E-state index contributed by atoms with van der Waals surface area (Å²) >= 11 is 0. The predicted octanol–water partition coefficient (Wildman–Crippen LogP) is 4.23. The molecule has 182 valence electrons. The molecule has 0 fully saturated rings. The minimum absolute atomic E-state index is 0.0432. The summed E-state index contributed by atoms with van der Waals surface area (Å²) in [6.07, 6.45) is -0.669. The summed E-state index contributed by atoms with van der Waals surface area (Å²) in [6, 6.07) is 6.95. The van der Waals surface area contributed by atoms with Gasteiger partial charge >= 0.3 is 6.18 Å². The molecule has 0 saturated heterocycles. The lowest BCUT2D eigenvalue weighted by Crippen LogP contribution is -2.31. The van der Waals surface area contributed by atoms with E-state index in [2.05, 4.69) is 25.3 Å². The van der Waals surface area contributed by atoms with Gasteiger partial charge in [0.1, 0.15) is 23.2 Å². The second-order valence-electron chi connectivity index (χ2n) is 7.73. The molecule has 0 saturated carbocycles. The summed E-state index contributed by atoms with van der Waals surface area (Å²) in [4.78, 5) is 30.1. The molecule has 0 amide bonds. The van der Waals surface area contributed by atoms with Crippen molar-refractivity contribution < 1.29 is 13.2 Å². The second kappa shape index (κ2) is 10.3. The van der Waals surface area contributed by atoms with Gasteiger partial charge in [-0.3, -0.25) is 15.2 Å². The van der Waals surface area contributed by atoms with Gasteiger partial charge in [0, 0.05) is 25.5 Å². The van der Waals surface area contributed by atoms with Crippen LogP contribution in [0.1, 0.15) is 54.9 Å². The molecule has 0 spiro atoms. The van der Waals surface area contributed by atoms with E-state index in [1.54, 1.807) is 43.4 Å². The summed E-state index contributed by atoms with van der Waals surface area (Å²) in [7, 11) is 1.70. The Balaban J connectivity index is 2.00. The van der Waals surface area contributed by atoms with Crippen molar-refractivity contribution in [2.45, 2.75) is 38.5 Å². The largest absolute Gasteiger partial charge is 0.416 e. The van der Waals surface area contributed by atoms with Crippen LogP contribution in [0.3, 0.4) is 0 Å². The standard InChI is InChI=1S/C23H23F3N8O/c1-4-17(19-29-10-5-11-30-19)34(3)22-32-20(18(16(28)12-27)21(35)33-22)31-13(2)14-6-8-15(9-7-14)23(24,25)26/h5-11,13,17,28H,4H2,1-3H3,(H2,31,32,33,35). The van der Waals surface area contributed by atoms with E-state index < -0.39 is 29.1 Å². The Morgan fingerprint density at radius 1 is 1.26 bits per heavy atom. The number of halogens is 3. The highest BCUT2D eigenvalue weighted by Gasteiger charge is 2.30. The average Bonchev–Trinajstić information content (AvgIpc) is 2.84. The van der Waals surface area contributed by atoms with Gasteiger partial charge in [0.25, 0.3) is 5.56 Å². The first-order valence-corrected chi connectivity index (χ1v) is 10.6. The van der Waals surface area contributed by atoms with Crippen LogP contribution < -0.4 is 15.8 Å². The van der Waals surface area contributed by atoms with Crippen molar-refractivity contribution in [2.75, 3.05) is 17.3 Å².